The molecule has 1 aliphatic rings. The maximum absolute atomic E-state index is 4.30. The summed E-state index contributed by atoms with van der Waals surface area (Å²) in [6.07, 6.45) is 5.19. The van der Waals surface area contributed by atoms with E-state index in [0.717, 1.165) is 25.5 Å². The van der Waals surface area contributed by atoms with Crippen LogP contribution < -0.4 is 5.32 Å². The summed E-state index contributed by atoms with van der Waals surface area (Å²) in [5.74, 6) is 1.82. The molecule has 0 spiro atoms. The van der Waals surface area contributed by atoms with Crippen molar-refractivity contribution in [2.45, 2.75) is 52.7 Å². The number of nitrogens with one attached hydrogen (secondary N) is 1. The van der Waals surface area contributed by atoms with E-state index in [-0.39, 0.29) is 0 Å². The number of imidazole rings is 1. The van der Waals surface area contributed by atoms with Crippen molar-refractivity contribution in [1.82, 2.24) is 19.8 Å². The summed E-state index contributed by atoms with van der Waals surface area (Å²) in [7, 11) is 0. The lowest BCUT2D eigenvalue weighted by atomic mass is 9.98. The zero-order valence-corrected chi connectivity index (χ0v) is 12.8. The van der Waals surface area contributed by atoms with E-state index >= 15 is 0 Å². The first-order valence-corrected chi connectivity index (χ1v) is 7.57. The van der Waals surface area contributed by atoms with Gasteiger partial charge in [-0.15, -0.1) is 0 Å². The van der Waals surface area contributed by atoms with Gasteiger partial charge in [0.15, 0.2) is 0 Å². The molecule has 1 fully saturated rings. The molecule has 1 saturated heterocycles. The predicted molar refractivity (Wildman–Crippen MR) is 79.2 cm³/mol. The molecule has 1 aromatic heterocycles. The van der Waals surface area contributed by atoms with Crippen LogP contribution in [0.25, 0.3) is 0 Å². The third-order valence-electron chi connectivity index (χ3n) is 4.35. The Bertz CT molecular complexity index is 385. The Morgan fingerprint density at radius 3 is 2.79 bits per heavy atom. The lowest BCUT2D eigenvalue weighted by molar-refractivity contribution is 0.0933. The average molecular weight is 264 g/mol. The standard InChI is InChI=1S/C15H28N4/c1-5-14-11-19(15(10-17-14)12(2)3)9-8-18-7-6-16-13(18)4/h6-7,12,14-15,17H,5,8-11H2,1-4H3. The molecule has 4 nitrogen and oxygen atoms in total. The second-order valence-electron chi connectivity index (χ2n) is 5.99. The Balaban J connectivity index is 1.95. The minimum absolute atomic E-state index is 0.652. The zero-order valence-electron chi connectivity index (χ0n) is 12.8. The molecule has 0 bridgehead atoms. The van der Waals surface area contributed by atoms with Gasteiger partial charge in [-0.1, -0.05) is 20.8 Å². The summed E-state index contributed by atoms with van der Waals surface area (Å²) in [5.41, 5.74) is 0. The van der Waals surface area contributed by atoms with Gasteiger partial charge in [0.05, 0.1) is 0 Å². The van der Waals surface area contributed by atoms with Crippen molar-refractivity contribution in [2.75, 3.05) is 19.6 Å². The highest BCUT2D eigenvalue weighted by Crippen LogP contribution is 2.16. The first-order valence-electron chi connectivity index (χ1n) is 7.57. The first-order chi connectivity index (χ1) is 9.11. The number of nitrogens with zero attached hydrogens (tertiary/aromatic N) is 3. The molecule has 2 rings (SSSR count). The van der Waals surface area contributed by atoms with Gasteiger partial charge in [-0.25, -0.2) is 4.98 Å². The van der Waals surface area contributed by atoms with Crippen molar-refractivity contribution < 1.29 is 0 Å². The molecule has 1 aliphatic heterocycles. The molecule has 19 heavy (non-hydrogen) atoms. The lowest BCUT2D eigenvalue weighted by Crippen LogP contribution is -2.58. The molecule has 1 aromatic rings. The van der Waals surface area contributed by atoms with E-state index in [9.17, 15) is 0 Å². The summed E-state index contributed by atoms with van der Waals surface area (Å²) in [5, 5.41) is 3.67. The van der Waals surface area contributed by atoms with Gasteiger partial charge in [0, 0.05) is 50.7 Å². The van der Waals surface area contributed by atoms with E-state index in [2.05, 4.69) is 53.7 Å². The Morgan fingerprint density at radius 2 is 2.21 bits per heavy atom. The summed E-state index contributed by atoms with van der Waals surface area (Å²) in [6, 6.07) is 1.31. The van der Waals surface area contributed by atoms with Gasteiger partial charge in [0.2, 0.25) is 0 Å². The molecule has 108 valence electrons. The third-order valence-corrected chi connectivity index (χ3v) is 4.35. The molecule has 0 amide bonds. The Labute approximate surface area is 117 Å². The van der Waals surface area contributed by atoms with E-state index in [4.69, 9.17) is 0 Å². The van der Waals surface area contributed by atoms with Gasteiger partial charge in [0.1, 0.15) is 5.82 Å². The van der Waals surface area contributed by atoms with E-state index in [1.54, 1.807) is 0 Å². The molecule has 2 atom stereocenters. The molecular formula is C15H28N4. The van der Waals surface area contributed by atoms with Crippen molar-refractivity contribution in [1.29, 1.82) is 0 Å². The lowest BCUT2D eigenvalue weighted by Gasteiger charge is -2.42. The quantitative estimate of drug-likeness (QED) is 0.882. The van der Waals surface area contributed by atoms with Gasteiger partial charge in [-0.05, 0) is 19.3 Å². The number of hydrogen-bond donors (Lipinski definition) is 1. The van der Waals surface area contributed by atoms with Crippen LogP contribution >= 0.6 is 0 Å². The number of rotatable bonds is 5. The average Bonchev–Trinajstić information content (AvgIpc) is 2.81. The Hall–Kier alpha value is -0.870. The number of aryl methyl sites for hydroxylation is 1. The number of piperazine rings is 1. The maximum Gasteiger partial charge on any atom is 0.105 e. The van der Waals surface area contributed by atoms with E-state index in [0.29, 0.717) is 18.0 Å². The van der Waals surface area contributed by atoms with Gasteiger partial charge < -0.3 is 9.88 Å². The van der Waals surface area contributed by atoms with Crippen molar-refractivity contribution in [2.24, 2.45) is 5.92 Å². The fourth-order valence-corrected chi connectivity index (χ4v) is 2.96. The second-order valence-corrected chi connectivity index (χ2v) is 5.99. The molecule has 4 heteroatoms. The molecule has 1 N–H and O–H groups in total. The fraction of sp³-hybridized carbons (Fsp3) is 0.800. The van der Waals surface area contributed by atoms with E-state index in [1.807, 2.05) is 6.20 Å². The van der Waals surface area contributed by atoms with Crippen molar-refractivity contribution in [3.8, 4) is 0 Å². The number of aromatic nitrogens is 2. The second kappa shape index (κ2) is 6.53. The van der Waals surface area contributed by atoms with Crippen molar-refractivity contribution >= 4 is 0 Å². The van der Waals surface area contributed by atoms with Crippen LogP contribution in [0.3, 0.4) is 0 Å². The monoisotopic (exact) mass is 264 g/mol. The van der Waals surface area contributed by atoms with Gasteiger partial charge in [-0.2, -0.15) is 0 Å². The van der Waals surface area contributed by atoms with Crippen LogP contribution in [-0.4, -0.2) is 46.2 Å². The maximum atomic E-state index is 4.30. The van der Waals surface area contributed by atoms with Gasteiger partial charge >= 0.3 is 0 Å². The molecule has 2 heterocycles. The van der Waals surface area contributed by atoms with Crippen LogP contribution in [-0.2, 0) is 6.54 Å². The highest BCUT2D eigenvalue weighted by molar-refractivity contribution is 4.91. The summed E-state index contributed by atoms with van der Waals surface area (Å²) in [4.78, 5) is 6.96. The predicted octanol–water partition coefficient (Wildman–Crippen LogP) is 1.90. The minimum Gasteiger partial charge on any atom is -0.334 e. The Kier molecular flexibility index (Phi) is 4.99. The van der Waals surface area contributed by atoms with Crippen molar-refractivity contribution in [3.63, 3.8) is 0 Å². The van der Waals surface area contributed by atoms with E-state index < -0.39 is 0 Å². The smallest absolute Gasteiger partial charge is 0.105 e. The molecule has 0 aromatic carbocycles. The topological polar surface area (TPSA) is 33.1 Å². The summed E-state index contributed by atoms with van der Waals surface area (Å²) in [6.45, 7) is 13.5. The van der Waals surface area contributed by atoms with Crippen LogP contribution in [0.1, 0.15) is 33.0 Å². The minimum atomic E-state index is 0.652. The third kappa shape index (κ3) is 3.57. The van der Waals surface area contributed by atoms with Crippen LogP contribution in [0, 0.1) is 12.8 Å². The first kappa shape index (κ1) is 14.5. The summed E-state index contributed by atoms with van der Waals surface area (Å²) >= 11 is 0. The molecule has 2 unspecified atom stereocenters. The largest absolute Gasteiger partial charge is 0.334 e. The molecule has 0 saturated carbocycles. The Morgan fingerprint density at radius 1 is 1.42 bits per heavy atom. The van der Waals surface area contributed by atoms with Crippen LogP contribution in [0.4, 0.5) is 0 Å². The highest BCUT2D eigenvalue weighted by atomic mass is 15.2. The fourth-order valence-electron chi connectivity index (χ4n) is 2.96. The molecule has 0 aliphatic carbocycles. The zero-order chi connectivity index (χ0) is 13.8. The molecule has 0 radical (unpaired) electrons. The van der Waals surface area contributed by atoms with Crippen LogP contribution in [0.5, 0.6) is 0 Å². The van der Waals surface area contributed by atoms with E-state index in [1.165, 1.54) is 13.0 Å². The number of hydrogen-bond acceptors (Lipinski definition) is 3. The normalized spacial score (nSPS) is 25.1. The SMILES string of the molecule is CCC1CN(CCn2ccnc2C)C(C(C)C)CN1. The van der Waals surface area contributed by atoms with Gasteiger partial charge in [0.25, 0.3) is 0 Å². The van der Waals surface area contributed by atoms with Crippen LogP contribution in [0.15, 0.2) is 12.4 Å². The van der Waals surface area contributed by atoms with Gasteiger partial charge in [-0.3, -0.25) is 4.90 Å². The summed E-state index contributed by atoms with van der Waals surface area (Å²) < 4.78 is 2.25. The van der Waals surface area contributed by atoms with Crippen molar-refractivity contribution in [3.05, 3.63) is 18.2 Å². The molecular weight excluding hydrogens is 236 g/mol. The van der Waals surface area contributed by atoms with Crippen LogP contribution in [0.2, 0.25) is 0 Å². The highest BCUT2D eigenvalue weighted by Gasteiger charge is 2.28.